The molecule has 0 saturated heterocycles. The fraction of sp³-hybridized carbons (Fsp3) is 0.250. The first kappa shape index (κ1) is 16.9. The number of halogens is 1. The highest BCUT2D eigenvalue weighted by Gasteiger charge is 2.26. The van der Waals surface area contributed by atoms with Gasteiger partial charge in [0.2, 0.25) is 0 Å². The summed E-state index contributed by atoms with van der Waals surface area (Å²) >= 11 is 3.57. The molecule has 0 aliphatic carbocycles. The Morgan fingerprint density at radius 1 is 1.12 bits per heavy atom. The Bertz CT molecular complexity index is 797. The molecule has 124 valence electrons. The van der Waals surface area contributed by atoms with Crippen molar-refractivity contribution in [3.8, 4) is 0 Å². The molecular weight excluding hydrogens is 362 g/mol. The lowest BCUT2D eigenvalue weighted by molar-refractivity contribution is 0.358. The van der Waals surface area contributed by atoms with Crippen molar-refractivity contribution in [2.24, 2.45) is 0 Å². The van der Waals surface area contributed by atoms with Crippen LogP contribution in [-0.4, -0.2) is 9.97 Å². The van der Waals surface area contributed by atoms with Gasteiger partial charge in [0.15, 0.2) is 0 Å². The van der Waals surface area contributed by atoms with E-state index in [1.165, 1.54) is 11.1 Å². The van der Waals surface area contributed by atoms with Crippen molar-refractivity contribution in [2.75, 3.05) is 0 Å². The molecule has 3 rings (SSSR count). The monoisotopic (exact) mass is 383 g/mol. The normalized spacial score (nSPS) is 13.6. The van der Waals surface area contributed by atoms with Gasteiger partial charge in [-0.25, -0.2) is 4.98 Å². The molecule has 3 nitrogen and oxygen atoms in total. The van der Waals surface area contributed by atoms with E-state index in [-0.39, 0.29) is 5.54 Å². The van der Waals surface area contributed by atoms with Crippen LogP contribution in [0.2, 0.25) is 0 Å². The Labute approximate surface area is 151 Å². The lowest BCUT2D eigenvalue weighted by Gasteiger charge is -2.32. The average Bonchev–Trinajstić information content (AvgIpc) is 2.99. The summed E-state index contributed by atoms with van der Waals surface area (Å²) in [5.41, 5.74) is 3.51. The van der Waals surface area contributed by atoms with Crippen molar-refractivity contribution >= 4 is 15.9 Å². The number of imidazole rings is 1. The number of hydrogen-bond acceptors (Lipinski definition) is 2. The maximum Gasteiger partial charge on any atom is 0.103 e. The number of benzene rings is 2. The van der Waals surface area contributed by atoms with Crippen LogP contribution in [0.15, 0.2) is 65.3 Å². The van der Waals surface area contributed by atoms with Crippen LogP contribution < -0.4 is 5.32 Å². The molecule has 0 radical (unpaired) electrons. The molecule has 1 aromatic heterocycles. The van der Waals surface area contributed by atoms with E-state index < -0.39 is 0 Å². The summed E-state index contributed by atoms with van der Waals surface area (Å²) in [4.78, 5) is 7.58. The molecule has 2 aromatic carbocycles. The second-order valence-corrected chi connectivity index (χ2v) is 7.27. The molecule has 1 heterocycles. The summed E-state index contributed by atoms with van der Waals surface area (Å²) < 4.78 is 1.11. The van der Waals surface area contributed by atoms with Crippen molar-refractivity contribution in [1.29, 1.82) is 0 Å². The third kappa shape index (κ3) is 4.13. The molecule has 0 aliphatic rings. The summed E-state index contributed by atoms with van der Waals surface area (Å²) in [6.45, 7) is 4.98. The Balaban J connectivity index is 1.85. The van der Waals surface area contributed by atoms with Gasteiger partial charge in [0.05, 0.1) is 0 Å². The minimum absolute atomic E-state index is 0.166. The van der Waals surface area contributed by atoms with Crippen LogP contribution in [0.1, 0.15) is 29.6 Å². The fourth-order valence-electron chi connectivity index (χ4n) is 2.98. The molecule has 3 aromatic rings. The van der Waals surface area contributed by atoms with Gasteiger partial charge in [0.25, 0.3) is 0 Å². The summed E-state index contributed by atoms with van der Waals surface area (Å²) in [6, 6.07) is 19.1. The zero-order chi connectivity index (χ0) is 17.0. The summed E-state index contributed by atoms with van der Waals surface area (Å²) in [7, 11) is 0. The molecule has 0 amide bonds. The largest absolute Gasteiger partial charge is 0.345 e. The van der Waals surface area contributed by atoms with Gasteiger partial charge in [-0.2, -0.15) is 0 Å². The van der Waals surface area contributed by atoms with Gasteiger partial charge < -0.3 is 10.3 Å². The van der Waals surface area contributed by atoms with Crippen molar-refractivity contribution < 1.29 is 0 Å². The van der Waals surface area contributed by atoms with Crippen LogP contribution in [0, 0.1) is 6.92 Å². The molecule has 4 heteroatoms. The van der Waals surface area contributed by atoms with E-state index in [0.29, 0.717) is 0 Å². The maximum absolute atomic E-state index is 4.28. The van der Waals surface area contributed by atoms with Gasteiger partial charge in [-0.1, -0.05) is 58.4 Å². The topological polar surface area (TPSA) is 40.7 Å². The molecule has 0 bridgehead atoms. The average molecular weight is 384 g/mol. The molecule has 1 atom stereocenters. The standard InChI is InChI=1S/C20H22BrN3/c1-15-22-13-19(24-15)14-23-20(2,17-8-4-3-5-9-17)12-16-7-6-10-18(21)11-16/h3-11,13,23H,12,14H2,1-2H3,(H,22,24). The number of aromatic amines is 1. The Morgan fingerprint density at radius 2 is 1.92 bits per heavy atom. The zero-order valence-corrected chi connectivity index (χ0v) is 15.6. The van der Waals surface area contributed by atoms with Gasteiger partial charge in [-0.05, 0) is 43.5 Å². The molecule has 0 spiro atoms. The van der Waals surface area contributed by atoms with Crippen LogP contribution in [-0.2, 0) is 18.5 Å². The van der Waals surface area contributed by atoms with Gasteiger partial charge >= 0.3 is 0 Å². The van der Waals surface area contributed by atoms with Gasteiger partial charge in [-0.15, -0.1) is 0 Å². The van der Waals surface area contributed by atoms with Crippen molar-refractivity contribution in [1.82, 2.24) is 15.3 Å². The Hall–Kier alpha value is -1.91. The van der Waals surface area contributed by atoms with Crippen LogP contribution in [0.3, 0.4) is 0 Å². The van der Waals surface area contributed by atoms with Crippen LogP contribution in [0.4, 0.5) is 0 Å². The number of hydrogen-bond donors (Lipinski definition) is 2. The molecular formula is C20H22BrN3. The second-order valence-electron chi connectivity index (χ2n) is 6.35. The third-order valence-corrected chi connectivity index (χ3v) is 4.78. The first-order valence-electron chi connectivity index (χ1n) is 8.11. The second kappa shape index (κ2) is 7.32. The quantitative estimate of drug-likeness (QED) is 0.645. The minimum atomic E-state index is -0.166. The van der Waals surface area contributed by atoms with Crippen molar-refractivity contribution in [3.63, 3.8) is 0 Å². The van der Waals surface area contributed by atoms with Gasteiger partial charge in [0, 0.05) is 28.4 Å². The number of nitrogens with zero attached hydrogens (tertiary/aromatic N) is 1. The smallest absolute Gasteiger partial charge is 0.103 e. The number of rotatable bonds is 6. The molecule has 0 aliphatic heterocycles. The van der Waals surface area contributed by atoms with Crippen molar-refractivity contribution in [3.05, 3.63) is 87.9 Å². The van der Waals surface area contributed by atoms with Gasteiger partial charge in [0.1, 0.15) is 5.82 Å². The van der Waals surface area contributed by atoms with E-state index in [1.54, 1.807) is 0 Å². The molecule has 0 saturated carbocycles. The number of aryl methyl sites for hydroxylation is 1. The van der Waals surface area contributed by atoms with E-state index in [0.717, 1.165) is 29.0 Å². The highest BCUT2D eigenvalue weighted by Crippen LogP contribution is 2.27. The SMILES string of the molecule is Cc1ncc(CNC(C)(Cc2cccc(Br)c2)c2ccccc2)[nH]1. The summed E-state index contributed by atoms with van der Waals surface area (Å²) in [5, 5.41) is 3.72. The van der Waals surface area contributed by atoms with E-state index in [1.807, 2.05) is 13.1 Å². The van der Waals surface area contributed by atoms with Gasteiger partial charge in [-0.3, -0.25) is 0 Å². The highest BCUT2D eigenvalue weighted by atomic mass is 79.9. The number of nitrogens with one attached hydrogen (secondary N) is 2. The van der Waals surface area contributed by atoms with E-state index in [9.17, 15) is 0 Å². The molecule has 2 N–H and O–H groups in total. The molecule has 0 fully saturated rings. The first-order valence-corrected chi connectivity index (χ1v) is 8.90. The predicted octanol–water partition coefficient (Wildman–Crippen LogP) is 4.73. The Morgan fingerprint density at radius 3 is 2.58 bits per heavy atom. The number of H-pyrrole nitrogens is 1. The lowest BCUT2D eigenvalue weighted by Crippen LogP contribution is -2.41. The Kier molecular flexibility index (Phi) is 5.17. The summed E-state index contributed by atoms with van der Waals surface area (Å²) in [6.07, 6.45) is 2.80. The maximum atomic E-state index is 4.28. The van der Waals surface area contributed by atoms with Crippen LogP contribution in [0.5, 0.6) is 0 Å². The van der Waals surface area contributed by atoms with E-state index >= 15 is 0 Å². The molecule has 1 unspecified atom stereocenters. The summed E-state index contributed by atoms with van der Waals surface area (Å²) in [5.74, 6) is 0.945. The number of aromatic nitrogens is 2. The lowest BCUT2D eigenvalue weighted by atomic mass is 9.85. The van der Waals surface area contributed by atoms with Crippen LogP contribution >= 0.6 is 15.9 Å². The third-order valence-electron chi connectivity index (χ3n) is 4.28. The minimum Gasteiger partial charge on any atom is -0.345 e. The van der Waals surface area contributed by atoms with Crippen LogP contribution in [0.25, 0.3) is 0 Å². The van der Waals surface area contributed by atoms with E-state index in [2.05, 4.69) is 92.7 Å². The molecule has 24 heavy (non-hydrogen) atoms. The fourth-order valence-corrected chi connectivity index (χ4v) is 3.43. The highest BCUT2D eigenvalue weighted by molar-refractivity contribution is 9.10. The predicted molar refractivity (Wildman–Crippen MR) is 102 cm³/mol. The van der Waals surface area contributed by atoms with E-state index in [4.69, 9.17) is 0 Å². The van der Waals surface area contributed by atoms with Crippen molar-refractivity contribution in [2.45, 2.75) is 32.4 Å². The zero-order valence-electron chi connectivity index (χ0n) is 14.0. The first-order chi connectivity index (χ1) is 11.5.